The number of nitrogens with one attached hydrogen (secondary N) is 1. The second kappa shape index (κ2) is 6.20. The molecule has 1 aliphatic heterocycles. The van der Waals surface area contributed by atoms with Gasteiger partial charge in [0.05, 0.1) is 5.02 Å². The van der Waals surface area contributed by atoms with E-state index in [-0.39, 0.29) is 5.91 Å². The number of rotatable bonds is 4. The van der Waals surface area contributed by atoms with E-state index in [1.165, 1.54) is 12.8 Å². The number of nitrogens with zero attached hydrogens (tertiary/aromatic N) is 1. The molecule has 1 saturated carbocycles. The van der Waals surface area contributed by atoms with Gasteiger partial charge in [0.15, 0.2) is 0 Å². The molecule has 0 bridgehead atoms. The van der Waals surface area contributed by atoms with Gasteiger partial charge in [-0.2, -0.15) is 0 Å². The lowest BCUT2D eigenvalue weighted by atomic mass is 10.1. The molecule has 1 atom stereocenters. The Kier molecular flexibility index (Phi) is 4.52. The van der Waals surface area contributed by atoms with E-state index in [4.69, 9.17) is 11.6 Å². The van der Waals surface area contributed by atoms with Crippen LogP contribution in [0.15, 0.2) is 18.2 Å². The number of carbonyl (C=O) groups excluding carboxylic acids is 1. The summed E-state index contributed by atoms with van der Waals surface area (Å²) in [5.41, 5.74) is 0.709. The molecule has 1 unspecified atom stereocenters. The lowest BCUT2D eigenvalue weighted by Gasteiger charge is -2.26. The fourth-order valence-corrected chi connectivity index (χ4v) is 3.25. The van der Waals surface area contributed by atoms with Crippen molar-refractivity contribution in [1.29, 1.82) is 0 Å². The molecular weight excluding hydrogens is 387 g/mol. The molecule has 3 rings (SSSR count). The maximum atomic E-state index is 12.7. The Labute approximate surface area is 138 Å². The van der Waals surface area contributed by atoms with E-state index in [1.54, 1.807) is 6.07 Å². The van der Waals surface area contributed by atoms with Gasteiger partial charge in [-0.3, -0.25) is 4.79 Å². The van der Waals surface area contributed by atoms with Gasteiger partial charge in [-0.25, -0.2) is 0 Å². The van der Waals surface area contributed by atoms with Crippen LogP contribution < -0.4 is 5.32 Å². The highest BCUT2D eigenvalue weighted by atomic mass is 127. The lowest BCUT2D eigenvalue weighted by Crippen LogP contribution is -2.42. The van der Waals surface area contributed by atoms with Crippen LogP contribution in [0.25, 0.3) is 0 Å². The van der Waals surface area contributed by atoms with E-state index in [0.717, 1.165) is 29.5 Å². The van der Waals surface area contributed by atoms with Crippen molar-refractivity contribution in [2.45, 2.75) is 37.8 Å². The van der Waals surface area contributed by atoms with Crippen molar-refractivity contribution in [2.24, 2.45) is 0 Å². The molecule has 3 nitrogen and oxygen atoms in total. The third kappa shape index (κ3) is 3.28. The summed E-state index contributed by atoms with van der Waals surface area (Å²) in [5.74, 6) is 0.125. The summed E-state index contributed by atoms with van der Waals surface area (Å²) in [5, 5.41) is 4.13. The molecule has 20 heavy (non-hydrogen) atoms. The van der Waals surface area contributed by atoms with Crippen LogP contribution in [-0.4, -0.2) is 36.0 Å². The number of carbonyl (C=O) groups is 1. The van der Waals surface area contributed by atoms with Gasteiger partial charge in [-0.1, -0.05) is 11.6 Å². The van der Waals surface area contributed by atoms with Crippen molar-refractivity contribution in [3.8, 4) is 0 Å². The van der Waals surface area contributed by atoms with Crippen LogP contribution in [0.2, 0.25) is 5.02 Å². The lowest BCUT2D eigenvalue weighted by molar-refractivity contribution is 0.0728. The van der Waals surface area contributed by atoms with Gasteiger partial charge < -0.3 is 10.2 Å². The highest BCUT2D eigenvalue weighted by Crippen LogP contribution is 2.30. The van der Waals surface area contributed by atoms with Crippen molar-refractivity contribution >= 4 is 40.1 Å². The molecule has 1 aliphatic carbocycles. The average molecular weight is 405 g/mol. The topological polar surface area (TPSA) is 32.3 Å². The van der Waals surface area contributed by atoms with Crippen molar-refractivity contribution < 1.29 is 4.79 Å². The van der Waals surface area contributed by atoms with Crippen LogP contribution in [0.4, 0.5) is 0 Å². The number of benzene rings is 1. The SMILES string of the molecule is O=C(c1ccc(I)c(Cl)c1)N(CC1CCCN1)C1CC1. The van der Waals surface area contributed by atoms with Crippen LogP contribution in [0, 0.1) is 3.57 Å². The Morgan fingerprint density at radius 2 is 2.20 bits per heavy atom. The Balaban J connectivity index is 1.75. The average Bonchev–Trinajstić information content (AvgIpc) is 3.15. The number of hydrogen-bond donors (Lipinski definition) is 1. The Morgan fingerprint density at radius 1 is 1.40 bits per heavy atom. The second-order valence-electron chi connectivity index (χ2n) is 5.61. The Bertz CT molecular complexity index is 513. The minimum atomic E-state index is 0.125. The van der Waals surface area contributed by atoms with Crippen LogP contribution >= 0.6 is 34.2 Å². The molecule has 1 saturated heterocycles. The maximum absolute atomic E-state index is 12.7. The predicted octanol–water partition coefficient (Wildman–Crippen LogP) is 3.30. The third-order valence-electron chi connectivity index (χ3n) is 3.99. The first kappa shape index (κ1) is 14.6. The first-order valence-corrected chi connectivity index (χ1v) is 8.60. The van der Waals surface area contributed by atoms with Crippen molar-refractivity contribution in [2.75, 3.05) is 13.1 Å². The van der Waals surface area contributed by atoms with E-state index in [0.29, 0.717) is 22.7 Å². The highest BCUT2D eigenvalue weighted by molar-refractivity contribution is 14.1. The summed E-state index contributed by atoms with van der Waals surface area (Å²) < 4.78 is 0.983. The van der Waals surface area contributed by atoms with Gasteiger partial charge in [0, 0.05) is 27.8 Å². The van der Waals surface area contributed by atoms with Gasteiger partial charge in [0.2, 0.25) is 0 Å². The first-order chi connectivity index (χ1) is 9.65. The molecular formula is C15H18ClIN2O. The normalized spacial score (nSPS) is 22.0. The summed E-state index contributed by atoms with van der Waals surface area (Å²) in [7, 11) is 0. The summed E-state index contributed by atoms with van der Waals surface area (Å²) in [6, 6.07) is 6.48. The third-order valence-corrected chi connectivity index (χ3v) is 5.57. The molecule has 0 aromatic heterocycles. The van der Waals surface area contributed by atoms with Crippen LogP contribution in [0.3, 0.4) is 0 Å². The van der Waals surface area contributed by atoms with E-state index in [1.807, 2.05) is 17.0 Å². The Hall–Kier alpha value is -0.330. The molecule has 1 amide bonds. The molecule has 2 aliphatic rings. The van der Waals surface area contributed by atoms with Gasteiger partial charge in [0.1, 0.15) is 0 Å². The molecule has 1 heterocycles. The van der Waals surface area contributed by atoms with Crippen molar-refractivity contribution in [1.82, 2.24) is 10.2 Å². The molecule has 1 aromatic carbocycles. The van der Waals surface area contributed by atoms with E-state index >= 15 is 0 Å². The van der Waals surface area contributed by atoms with Crippen LogP contribution in [0.5, 0.6) is 0 Å². The van der Waals surface area contributed by atoms with Gasteiger partial charge >= 0.3 is 0 Å². The fourth-order valence-electron chi connectivity index (χ4n) is 2.73. The summed E-state index contributed by atoms with van der Waals surface area (Å²) in [6.45, 7) is 1.90. The monoisotopic (exact) mass is 404 g/mol. The summed E-state index contributed by atoms with van der Waals surface area (Å²) in [6.07, 6.45) is 4.66. The minimum absolute atomic E-state index is 0.125. The molecule has 0 spiro atoms. The summed E-state index contributed by atoms with van der Waals surface area (Å²) >= 11 is 8.32. The zero-order valence-corrected chi connectivity index (χ0v) is 14.2. The standard InChI is InChI=1S/C15H18ClIN2O/c16-13-8-10(3-6-14(13)17)15(20)19(12-4-5-12)9-11-2-1-7-18-11/h3,6,8,11-12,18H,1-2,4-5,7,9H2. The first-order valence-electron chi connectivity index (χ1n) is 7.14. The molecule has 0 radical (unpaired) electrons. The van der Waals surface area contributed by atoms with Crippen LogP contribution in [-0.2, 0) is 0 Å². The van der Waals surface area contributed by atoms with Gasteiger partial charge in [0.25, 0.3) is 5.91 Å². The van der Waals surface area contributed by atoms with Crippen molar-refractivity contribution in [3.63, 3.8) is 0 Å². The van der Waals surface area contributed by atoms with E-state index in [2.05, 4.69) is 27.9 Å². The number of halogens is 2. The maximum Gasteiger partial charge on any atom is 0.254 e. The van der Waals surface area contributed by atoms with Gasteiger partial charge in [-0.15, -0.1) is 0 Å². The minimum Gasteiger partial charge on any atom is -0.334 e. The molecule has 2 fully saturated rings. The van der Waals surface area contributed by atoms with Crippen LogP contribution in [0.1, 0.15) is 36.0 Å². The smallest absolute Gasteiger partial charge is 0.254 e. The zero-order chi connectivity index (χ0) is 14.1. The highest BCUT2D eigenvalue weighted by Gasteiger charge is 2.35. The predicted molar refractivity (Wildman–Crippen MR) is 89.3 cm³/mol. The molecule has 108 valence electrons. The molecule has 1 aromatic rings. The second-order valence-corrected chi connectivity index (χ2v) is 7.18. The largest absolute Gasteiger partial charge is 0.334 e. The van der Waals surface area contributed by atoms with E-state index in [9.17, 15) is 4.79 Å². The number of hydrogen-bond acceptors (Lipinski definition) is 2. The van der Waals surface area contributed by atoms with E-state index < -0.39 is 0 Å². The Morgan fingerprint density at radius 3 is 2.80 bits per heavy atom. The number of amides is 1. The zero-order valence-electron chi connectivity index (χ0n) is 11.2. The fraction of sp³-hybridized carbons (Fsp3) is 0.533. The summed E-state index contributed by atoms with van der Waals surface area (Å²) in [4.78, 5) is 14.8. The van der Waals surface area contributed by atoms with Crippen molar-refractivity contribution in [3.05, 3.63) is 32.4 Å². The molecule has 1 N–H and O–H groups in total. The molecule has 5 heteroatoms. The van der Waals surface area contributed by atoms with Gasteiger partial charge in [-0.05, 0) is 73.0 Å². The quantitative estimate of drug-likeness (QED) is 0.781.